The molecule has 0 heterocycles. The lowest BCUT2D eigenvalue weighted by atomic mass is 10.1. The first-order valence-electron chi connectivity index (χ1n) is 9.27. The normalized spacial score (nSPS) is 11.9. The summed E-state index contributed by atoms with van der Waals surface area (Å²) in [6, 6.07) is 13.9. The maximum atomic E-state index is 12.1. The number of hydrogen-bond acceptors (Lipinski definition) is 6. The first kappa shape index (κ1) is 21.6. The number of carbonyl (C=O) groups excluding carboxylic acids is 2. The molecule has 0 aliphatic carbocycles. The number of hydrogen-bond donors (Lipinski definition) is 0. The highest BCUT2D eigenvalue weighted by molar-refractivity contribution is 5.89. The average Bonchev–Trinajstić information content (AvgIpc) is 2.69. The van der Waals surface area contributed by atoms with E-state index in [0.29, 0.717) is 17.5 Å². The van der Waals surface area contributed by atoms with Crippen LogP contribution in [-0.2, 0) is 19.6 Å². The van der Waals surface area contributed by atoms with E-state index in [1.165, 1.54) is 0 Å². The van der Waals surface area contributed by atoms with Gasteiger partial charge in [0.05, 0.1) is 11.1 Å². The third-order valence-corrected chi connectivity index (χ3v) is 4.26. The Morgan fingerprint density at radius 3 is 1.71 bits per heavy atom. The zero-order chi connectivity index (χ0) is 20.5. The van der Waals surface area contributed by atoms with E-state index in [9.17, 15) is 9.59 Å². The van der Waals surface area contributed by atoms with Crippen molar-refractivity contribution in [2.75, 3.05) is 0 Å². The van der Waals surface area contributed by atoms with E-state index >= 15 is 0 Å². The van der Waals surface area contributed by atoms with Gasteiger partial charge in [0, 0.05) is 6.42 Å². The molecule has 1 unspecified atom stereocenters. The van der Waals surface area contributed by atoms with Crippen molar-refractivity contribution in [3.8, 4) is 0 Å². The van der Waals surface area contributed by atoms with Gasteiger partial charge in [-0.3, -0.25) is 9.78 Å². The van der Waals surface area contributed by atoms with Crippen LogP contribution in [0.2, 0.25) is 0 Å². The Morgan fingerprint density at radius 1 is 0.857 bits per heavy atom. The fourth-order valence-corrected chi connectivity index (χ4v) is 2.42. The van der Waals surface area contributed by atoms with Gasteiger partial charge in [-0.1, -0.05) is 55.7 Å². The van der Waals surface area contributed by atoms with Crippen LogP contribution in [0, 0.1) is 19.8 Å². The number of carbonyl (C=O) groups is 2. The first-order valence-corrected chi connectivity index (χ1v) is 9.27. The van der Waals surface area contributed by atoms with Crippen molar-refractivity contribution >= 4 is 11.9 Å². The molecule has 28 heavy (non-hydrogen) atoms. The number of aryl methyl sites for hydroxylation is 2. The van der Waals surface area contributed by atoms with Gasteiger partial charge in [-0.2, -0.15) is 0 Å². The SMILES string of the molecule is CCC(C)CC(OOC(=O)c1cccc(C)c1)OOC(=O)c1cccc(C)c1. The van der Waals surface area contributed by atoms with Crippen LogP contribution in [0.25, 0.3) is 0 Å². The van der Waals surface area contributed by atoms with Crippen LogP contribution in [0.4, 0.5) is 0 Å². The van der Waals surface area contributed by atoms with Crippen LogP contribution in [0.1, 0.15) is 58.5 Å². The third kappa shape index (κ3) is 6.79. The summed E-state index contributed by atoms with van der Waals surface area (Å²) in [6.45, 7) is 7.75. The third-order valence-electron chi connectivity index (χ3n) is 4.26. The van der Waals surface area contributed by atoms with Crippen molar-refractivity contribution in [2.24, 2.45) is 5.92 Å². The van der Waals surface area contributed by atoms with Crippen LogP contribution in [-0.4, -0.2) is 18.2 Å². The summed E-state index contributed by atoms with van der Waals surface area (Å²) in [6.07, 6.45) is 0.219. The van der Waals surface area contributed by atoms with Gasteiger partial charge in [-0.25, -0.2) is 9.59 Å². The molecule has 0 saturated carbocycles. The van der Waals surface area contributed by atoms with Crippen molar-refractivity contribution in [3.05, 3.63) is 70.8 Å². The van der Waals surface area contributed by atoms with Gasteiger partial charge in [-0.15, -0.1) is 9.78 Å². The highest BCUT2D eigenvalue weighted by Crippen LogP contribution is 2.16. The van der Waals surface area contributed by atoms with Crippen LogP contribution in [0.5, 0.6) is 0 Å². The van der Waals surface area contributed by atoms with Crippen molar-refractivity contribution in [1.82, 2.24) is 0 Å². The second-order valence-corrected chi connectivity index (χ2v) is 6.85. The second kappa shape index (κ2) is 10.6. The molecule has 2 rings (SSSR count). The van der Waals surface area contributed by atoms with E-state index in [-0.39, 0.29) is 5.92 Å². The second-order valence-electron chi connectivity index (χ2n) is 6.85. The quantitative estimate of drug-likeness (QED) is 0.345. The molecule has 6 nitrogen and oxygen atoms in total. The van der Waals surface area contributed by atoms with E-state index in [1.807, 2.05) is 39.8 Å². The van der Waals surface area contributed by atoms with Crippen molar-refractivity contribution in [3.63, 3.8) is 0 Å². The average molecular weight is 386 g/mol. The zero-order valence-corrected chi connectivity index (χ0v) is 16.6. The van der Waals surface area contributed by atoms with Crippen molar-refractivity contribution < 1.29 is 29.1 Å². The van der Waals surface area contributed by atoms with Gasteiger partial charge in [0.2, 0.25) is 6.29 Å². The predicted molar refractivity (Wildman–Crippen MR) is 103 cm³/mol. The lowest BCUT2D eigenvalue weighted by molar-refractivity contribution is -0.423. The molecule has 2 aromatic rings. The lowest BCUT2D eigenvalue weighted by Crippen LogP contribution is -2.24. The minimum absolute atomic E-state index is 0.209. The molecule has 0 aromatic heterocycles. The highest BCUT2D eigenvalue weighted by atomic mass is 17.3. The van der Waals surface area contributed by atoms with Gasteiger partial charge in [-0.05, 0) is 44.0 Å². The topological polar surface area (TPSA) is 71.1 Å². The molecule has 2 aromatic carbocycles. The smallest absolute Gasteiger partial charge is 0.290 e. The lowest BCUT2D eigenvalue weighted by Gasteiger charge is -2.18. The van der Waals surface area contributed by atoms with Gasteiger partial charge in [0.15, 0.2) is 0 Å². The molecule has 0 aliphatic rings. The summed E-state index contributed by atoms with van der Waals surface area (Å²) in [5, 5.41) is 0. The minimum Gasteiger partial charge on any atom is -0.290 e. The van der Waals surface area contributed by atoms with E-state index in [0.717, 1.165) is 17.5 Å². The summed E-state index contributed by atoms with van der Waals surface area (Å²) in [4.78, 5) is 44.3. The molecule has 0 N–H and O–H groups in total. The largest absolute Gasteiger partial charge is 0.373 e. The Bertz CT molecular complexity index is 740. The molecular weight excluding hydrogens is 360 g/mol. The van der Waals surface area contributed by atoms with Crippen LogP contribution < -0.4 is 0 Å². The standard InChI is InChI=1S/C22H26O6/c1-5-15(2)14-20(25-27-21(23)18-10-6-8-16(3)12-18)26-28-22(24)19-11-7-9-17(4)13-19/h6-13,15,20H,5,14H2,1-4H3. The van der Waals surface area contributed by atoms with Crippen LogP contribution >= 0.6 is 0 Å². The Labute approximate surface area is 165 Å². The van der Waals surface area contributed by atoms with Gasteiger partial charge < -0.3 is 0 Å². The summed E-state index contributed by atoms with van der Waals surface area (Å²) < 4.78 is 0. The molecule has 0 bridgehead atoms. The summed E-state index contributed by atoms with van der Waals surface area (Å²) in [5.41, 5.74) is 2.57. The summed E-state index contributed by atoms with van der Waals surface area (Å²) >= 11 is 0. The Balaban J connectivity index is 1.95. The first-order chi connectivity index (χ1) is 13.4. The van der Waals surface area contributed by atoms with Gasteiger partial charge in [0.25, 0.3) is 0 Å². The minimum atomic E-state index is -1.03. The molecule has 1 atom stereocenters. The number of benzene rings is 2. The van der Waals surface area contributed by atoms with Crippen LogP contribution in [0.3, 0.4) is 0 Å². The highest BCUT2D eigenvalue weighted by Gasteiger charge is 2.21. The molecule has 0 aliphatic heterocycles. The Morgan fingerprint density at radius 2 is 1.32 bits per heavy atom. The molecule has 0 fully saturated rings. The molecule has 150 valence electrons. The molecule has 0 spiro atoms. The summed E-state index contributed by atoms with van der Waals surface area (Å²) in [5.74, 6) is -1.08. The molecule has 0 saturated heterocycles. The molecule has 0 radical (unpaired) electrons. The monoisotopic (exact) mass is 386 g/mol. The molecular formula is C22H26O6. The summed E-state index contributed by atoms with van der Waals surface area (Å²) in [7, 11) is 0. The predicted octanol–water partition coefficient (Wildman–Crippen LogP) is 4.94. The van der Waals surface area contributed by atoms with E-state index in [4.69, 9.17) is 19.6 Å². The molecule has 6 heteroatoms. The zero-order valence-electron chi connectivity index (χ0n) is 16.6. The maximum Gasteiger partial charge on any atom is 0.373 e. The Hall–Kier alpha value is -2.70. The maximum absolute atomic E-state index is 12.1. The van der Waals surface area contributed by atoms with Gasteiger partial charge in [0.1, 0.15) is 0 Å². The fourth-order valence-electron chi connectivity index (χ4n) is 2.42. The van der Waals surface area contributed by atoms with Gasteiger partial charge >= 0.3 is 11.9 Å². The Kier molecular flexibility index (Phi) is 8.17. The van der Waals surface area contributed by atoms with E-state index in [2.05, 4.69) is 0 Å². The van der Waals surface area contributed by atoms with Crippen molar-refractivity contribution in [1.29, 1.82) is 0 Å². The fraction of sp³-hybridized carbons (Fsp3) is 0.364. The van der Waals surface area contributed by atoms with E-state index < -0.39 is 18.2 Å². The molecule has 0 amide bonds. The number of rotatable bonds is 9. The van der Waals surface area contributed by atoms with Crippen molar-refractivity contribution in [2.45, 2.75) is 46.8 Å². The van der Waals surface area contributed by atoms with E-state index in [1.54, 1.807) is 36.4 Å². The van der Waals surface area contributed by atoms with Crippen LogP contribution in [0.15, 0.2) is 48.5 Å².